The maximum Gasteiger partial charge on any atom is 0.340 e. The fraction of sp³-hybridized carbons (Fsp3) is 0.480. The highest BCUT2D eigenvalue weighted by molar-refractivity contribution is 6.00. The molecule has 32 heavy (non-hydrogen) atoms. The second kappa shape index (κ2) is 8.45. The zero-order valence-electron chi connectivity index (χ0n) is 18.8. The minimum Gasteiger partial charge on any atom is -0.481 e. The van der Waals surface area contributed by atoms with Gasteiger partial charge < -0.3 is 19.3 Å². The van der Waals surface area contributed by atoms with Gasteiger partial charge in [-0.3, -0.25) is 9.59 Å². The molecule has 4 rings (SSSR count). The predicted octanol–water partition coefficient (Wildman–Crippen LogP) is 4.55. The average Bonchev–Trinajstić information content (AvgIpc) is 3.12. The van der Waals surface area contributed by atoms with Gasteiger partial charge in [0, 0.05) is 22.9 Å². The van der Waals surface area contributed by atoms with Gasteiger partial charge in [-0.2, -0.15) is 0 Å². The van der Waals surface area contributed by atoms with Crippen molar-refractivity contribution in [3.63, 3.8) is 0 Å². The van der Waals surface area contributed by atoms with Crippen LogP contribution in [-0.2, 0) is 16.0 Å². The molecule has 1 aromatic carbocycles. The van der Waals surface area contributed by atoms with Gasteiger partial charge in [0.2, 0.25) is 5.91 Å². The number of hydrogen-bond acceptors (Lipinski definition) is 5. The summed E-state index contributed by atoms with van der Waals surface area (Å²) in [5.74, 6) is -1.14. The zero-order valence-corrected chi connectivity index (χ0v) is 18.8. The number of fused-ring (bicyclic) bond motifs is 2. The van der Waals surface area contributed by atoms with Crippen LogP contribution < -0.4 is 10.9 Å². The molecule has 0 unspecified atom stereocenters. The summed E-state index contributed by atoms with van der Waals surface area (Å²) in [4.78, 5) is 36.9. The number of carboxylic acid groups (broad SMARTS) is 1. The van der Waals surface area contributed by atoms with Gasteiger partial charge in [-0.05, 0) is 56.2 Å². The van der Waals surface area contributed by atoms with Crippen LogP contribution >= 0.6 is 0 Å². The molecule has 0 atom stereocenters. The Morgan fingerprint density at radius 2 is 1.78 bits per heavy atom. The molecule has 170 valence electrons. The van der Waals surface area contributed by atoms with E-state index in [1.165, 1.54) is 0 Å². The van der Waals surface area contributed by atoms with Crippen LogP contribution in [0, 0.1) is 26.2 Å². The minimum atomic E-state index is -0.844. The van der Waals surface area contributed by atoms with Gasteiger partial charge in [0.05, 0.1) is 24.7 Å². The highest BCUT2D eigenvalue weighted by atomic mass is 16.4. The Hall–Kier alpha value is -3.09. The van der Waals surface area contributed by atoms with Crippen LogP contribution in [0.3, 0.4) is 0 Å². The summed E-state index contributed by atoms with van der Waals surface area (Å²) in [5, 5.41) is 14.0. The van der Waals surface area contributed by atoms with Gasteiger partial charge in [0.25, 0.3) is 0 Å². The number of hydrogen-bond donors (Lipinski definition) is 2. The van der Waals surface area contributed by atoms with Crippen molar-refractivity contribution in [2.24, 2.45) is 5.41 Å². The number of carbonyl (C=O) groups excluding carboxylic acids is 1. The quantitative estimate of drug-likeness (QED) is 0.545. The van der Waals surface area contributed by atoms with Crippen LogP contribution in [0.5, 0.6) is 0 Å². The number of furan rings is 1. The molecule has 0 aliphatic heterocycles. The minimum absolute atomic E-state index is 0.0454. The third-order valence-electron chi connectivity index (χ3n) is 6.97. The van der Waals surface area contributed by atoms with E-state index in [-0.39, 0.29) is 18.7 Å². The molecule has 2 aromatic heterocycles. The number of carbonyl (C=O) groups is 2. The Balaban J connectivity index is 1.60. The number of amides is 1. The first-order valence-corrected chi connectivity index (χ1v) is 11.1. The lowest BCUT2D eigenvalue weighted by Gasteiger charge is -2.36. The molecular weight excluding hydrogens is 410 g/mol. The van der Waals surface area contributed by atoms with Gasteiger partial charge in [-0.15, -0.1) is 0 Å². The Morgan fingerprint density at radius 1 is 1.06 bits per heavy atom. The Labute approximate surface area is 185 Å². The smallest absolute Gasteiger partial charge is 0.340 e. The summed E-state index contributed by atoms with van der Waals surface area (Å²) < 4.78 is 11.2. The molecule has 0 saturated heterocycles. The number of aryl methyl sites for hydroxylation is 3. The van der Waals surface area contributed by atoms with E-state index < -0.39 is 17.0 Å². The van der Waals surface area contributed by atoms with Crippen LogP contribution in [0.2, 0.25) is 0 Å². The van der Waals surface area contributed by atoms with E-state index in [2.05, 4.69) is 5.32 Å². The van der Waals surface area contributed by atoms with Gasteiger partial charge in [0.1, 0.15) is 11.2 Å². The number of benzene rings is 1. The molecule has 0 spiro atoms. The van der Waals surface area contributed by atoms with E-state index >= 15 is 0 Å². The SMILES string of the molecule is Cc1coc2c(C)c3oc(=O)c(CC(=O)NCC4(CC(=O)O)CCCCC4)c(C)c3cc12. The highest BCUT2D eigenvalue weighted by Gasteiger charge is 2.34. The van der Waals surface area contributed by atoms with E-state index in [4.69, 9.17) is 8.83 Å². The maximum absolute atomic E-state index is 12.8. The Bertz CT molecular complexity index is 1260. The van der Waals surface area contributed by atoms with Crippen molar-refractivity contribution in [2.45, 2.75) is 65.7 Å². The first-order chi connectivity index (χ1) is 15.2. The largest absolute Gasteiger partial charge is 0.481 e. The monoisotopic (exact) mass is 439 g/mol. The molecule has 1 amide bonds. The third kappa shape index (κ3) is 4.04. The molecule has 7 nitrogen and oxygen atoms in total. The number of rotatable bonds is 6. The lowest BCUT2D eigenvalue weighted by atomic mass is 9.71. The van der Waals surface area contributed by atoms with Crippen LogP contribution in [-0.4, -0.2) is 23.5 Å². The molecule has 1 aliphatic rings. The summed E-state index contributed by atoms with van der Waals surface area (Å²) in [6, 6.07) is 1.94. The van der Waals surface area contributed by atoms with Gasteiger partial charge >= 0.3 is 11.6 Å². The molecular formula is C25H29NO6. The lowest BCUT2D eigenvalue weighted by Crippen LogP contribution is -2.41. The van der Waals surface area contributed by atoms with Crippen molar-refractivity contribution in [1.82, 2.24) is 5.32 Å². The number of nitrogens with one attached hydrogen (secondary N) is 1. The molecule has 2 N–H and O–H groups in total. The fourth-order valence-corrected chi connectivity index (χ4v) is 5.07. The first kappa shape index (κ1) is 22.1. The molecule has 7 heteroatoms. The van der Waals surface area contributed by atoms with E-state index in [0.717, 1.165) is 59.6 Å². The van der Waals surface area contributed by atoms with Crippen molar-refractivity contribution in [2.75, 3.05) is 6.54 Å². The van der Waals surface area contributed by atoms with Crippen LogP contribution in [0.15, 0.2) is 26.0 Å². The van der Waals surface area contributed by atoms with E-state index in [0.29, 0.717) is 23.3 Å². The standard InChI is InChI=1S/C25H29NO6/c1-14-12-31-22-16(3)23-18(9-17(14)22)15(2)19(24(30)32-23)10-20(27)26-13-25(11-21(28)29)7-5-4-6-8-25/h9,12H,4-8,10-11,13H2,1-3H3,(H,26,27)(H,28,29). The normalized spacial score (nSPS) is 15.8. The second-order valence-corrected chi connectivity index (χ2v) is 9.25. The van der Waals surface area contributed by atoms with Crippen LogP contribution in [0.25, 0.3) is 21.9 Å². The summed E-state index contributed by atoms with van der Waals surface area (Å²) in [5.41, 5.74) is 3.01. The van der Waals surface area contributed by atoms with Gasteiger partial charge in [-0.1, -0.05) is 19.3 Å². The predicted molar refractivity (Wildman–Crippen MR) is 121 cm³/mol. The average molecular weight is 440 g/mol. The molecule has 0 radical (unpaired) electrons. The van der Waals surface area contributed by atoms with Crippen molar-refractivity contribution >= 4 is 33.8 Å². The van der Waals surface area contributed by atoms with Crippen molar-refractivity contribution in [3.8, 4) is 0 Å². The molecule has 1 aliphatic carbocycles. The summed E-state index contributed by atoms with van der Waals surface area (Å²) in [7, 11) is 0. The molecule has 1 fully saturated rings. The molecule has 1 saturated carbocycles. The zero-order chi connectivity index (χ0) is 23.0. The lowest BCUT2D eigenvalue weighted by molar-refractivity contribution is -0.140. The second-order valence-electron chi connectivity index (χ2n) is 9.25. The Morgan fingerprint density at radius 3 is 2.47 bits per heavy atom. The topological polar surface area (TPSA) is 110 Å². The van der Waals surface area contributed by atoms with Gasteiger partial charge in [-0.25, -0.2) is 4.79 Å². The fourth-order valence-electron chi connectivity index (χ4n) is 5.07. The Kier molecular flexibility index (Phi) is 5.84. The first-order valence-electron chi connectivity index (χ1n) is 11.1. The number of aliphatic carboxylic acids is 1. The summed E-state index contributed by atoms with van der Waals surface area (Å²) in [6.45, 7) is 5.95. The van der Waals surface area contributed by atoms with Crippen molar-refractivity contribution < 1.29 is 23.5 Å². The number of carboxylic acids is 1. The van der Waals surface area contributed by atoms with Gasteiger partial charge in [0.15, 0.2) is 0 Å². The summed E-state index contributed by atoms with van der Waals surface area (Å²) >= 11 is 0. The van der Waals surface area contributed by atoms with E-state index in [9.17, 15) is 19.5 Å². The van der Waals surface area contributed by atoms with E-state index in [1.54, 1.807) is 6.26 Å². The van der Waals surface area contributed by atoms with E-state index in [1.807, 2.05) is 26.8 Å². The third-order valence-corrected chi connectivity index (χ3v) is 6.97. The van der Waals surface area contributed by atoms with Crippen LogP contribution in [0.4, 0.5) is 0 Å². The molecule has 3 aromatic rings. The van der Waals surface area contributed by atoms with Crippen LogP contribution in [0.1, 0.15) is 60.8 Å². The summed E-state index contributed by atoms with van der Waals surface area (Å²) in [6.07, 6.45) is 6.23. The van der Waals surface area contributed by atoms with Crippen molar-refractivity contribution in [3.05, 3.63) is 45.0 Å². The molecule has 0 bridgehead atoms. The highest BCUT2D eigenvalue weighted by Crippen LogP contribution is 2.39. The maximum atomic E-state index is 12.8. The molecule has 2 heterocycles. The van der Waals surface area contributed by atoms with Crippen molar-refractivity contribution in [1.29, 1.82) is 0 Å².